The Morgan fingerprint density at radius 3 is 2.52 bits per heavy atom. The van der Waals surface area contributed by atoms with Crippen molar-refractivity contribution in [1.29, 1.82) is 0 Å². The number of nitrogens with one attached hydrogen (secondary N) is 1. The van der Waals surface area contributed by atoms with Gasteiger partial charge in [-0.05, 0) is 35.7 Å². The second-order valence-corrected chi connectivity index (χ2v) is 5.68. The summed E-state index contributed by atoms with van der Waals surface area (Å²) >= 11 is 0. The maximum atomic E-state index is 12.1. The van der Waals surface area contributed by atoms with Crippen LogP contribution in [0.15, 0.2) is 48.8 Å². The molecule has 0 aliphatic rings. The molecular formula is C19H23N3O3. The smallest absolute Gasteiger partial charge is 0.239 e. The van der Waals surface area contributed by atoms with Crippen LogP contribution in [0.3, 0.4) is 0 Å². The fourth-order valence-corrected chi connectivity index (χ4v) is 2.36. The number of hydrogen-bond acceptors (Lipinski definition) is 4. The number of carbonyl (C=O) groups excluding carboxylic acids is 2. The first-order valence-electron chi connectivity index (χ1n) is 8.12. The van der Waals surface area contributed by atoms with E-state index in [1.165, 1.54) is 11.8 Å². The Morgan fingerprint density at radius 2 is 1.92 bits per heavy atom. The monoisotopic (exact) mass is 341 g/mol. The highest BCUT2D eigenvalue weighted by Crippen LogP contribution is 2.11. The minimum atomic E-state index is -0.174. The lowest BCUT2D eigenvalue weighted by Crippen LogP contribution is -2.39. The van der Waals surface area contributed by atoms with Gasteiger partial charge in [-0.15, -0.1) is 0 Å². The molecule has 1 aromatic heterocycles. The van der Waals surface area contributed by atoms with Gasteiger partial charge >= 0.3 is 0 Å². The van der Waals surface area contributed by atoms with Gasteiger partial charge in [0, 0.05) is 32.4 Å². The summed E-state index contributed by atoms with van der Waals surface area (Å²) in [5.74, 6) is 0.488. The van der Waals surface area contributed by atoms with E-state index in [0.717, 1.165) is 23.3 Å². The molecule has 25 heavy (non-hydrogen) atoms. The van der Waals surface area contributed by atoms with Crippen molar-refractivity contribution >= 4 is 11.8 Å². The molecule has 2 amide bonds. The van der Waals surface area contributed by atoms with Crippen LogP contribution in [-0.4, -0.2) is 41.9 Å². The topological polar surface area (TPSA) is 71.5 Å². The van der Waals surface area contributed by atoms with Crippen LogP contribution in [0, 0.1) is 0 Å². The maximum absolute atomic E-state index is 12.1. The minimum absolute atomic E-state index is 0.0346. The van der Waals surface area contributed by atoms with E-state index in [1.54, 1.807) is 19.5 Å². The van der Waals surface area contributed by atoms with Crippen LogP contribution in [0.25, 0.3) is 0 Å². The molecule has 1 N–H and O–H groups in total. The van der Waals surface area contributed by atoms with Crippen LogP contribution in [0.4, 0.5) is 0 Å². The molecule has 2 rings (SSSR count). The first kappa shape index (κ1) is 18.4. The molecule has 1 aromatic carbocycles. The predicted octanol–water partition coefficient (Wildman–Crippen LogP) is 1.80. The van der Waals surface area contributed by atoms with E-state index in [-0.39, 0.29) is 18.4 Å². The molecule has 0 radical (unpaired) electrons. The van der Waals surface area contributed by atoms with E-state index in [9.17, 15) is 9.59 Å². The summed E-state index contributed by atoms with van der Waals surface area (Å²) in [5, 5.41) is 2.85. The zero-order chi connectivity index (χ0) is 18.1. The van der Waals surface area contributed by atoms with Crippen molar-refractivity contribution in [1.82, 2.24) is 15.2 Å². The Morgan fingerprint density at radius 1 is 1.16 bits per heavy atom. The van der Waals surface area contributed by atoms with Crippen molar-refractivity contribution in [3.8, 4) is 5.75 Å². The number of aromatic nitrogens is 1. The molecular weight excluding hydrogens is 318 g/mol. The van der Waals surface area contributed by atoms with Crippen LogP contribution in [-0.2, 0) is 22.6 Å². The standard InChI is InChI=1S/C19H23N3O3/c1-15(23)22(13-17-4-3-10-20-12-17)14-19(24)21-11-9-16-5-7-18(25-2)8-6-16/h3-8,10,12H,9,11,13-14H2,1-2H3,(H,21,24). The van der Waals surface area contributed by atoms with E-state index >= 15 is 0 Å². The van der Waals surface area contributed by atoms with Gasteiger partial charge in [0.15, 0.2) is 0 Å². The lowest BCUT2D eigenvalue weighted by atomic mass is 10.1. The van der Waals surface area contributed by atoms with E-state index < -0.39 is 0 Å². The summed E-state index contributed by atoms with van der Waals surface area (Å²) < 4.78 is 5.12. The molecule has 0 bridgehead atoms. The van der Waals surface area contributed by atoms with Crippen LogP contribution < -0.4 is 10.1 Å². The summed E-state index contributed by atoms with van der Waals surface area (Å²) in [6, 6.07) is 11.4. The molecule has 0 fully saturated rings. The second kappa shape index (κ2) is 9.42. The zero-order valence-corrected chi connectivity index (χ0v) is 14.6. The van der Waals surface area contributed by atoms with Gasteiger partial charge in [-0.2, -0.15) is 0 Å². The zero-order valence-electron chi connectivity index (χ0n) is 14.6. The third kappa shape index (κ3) is 6.25. The second-order valence-electron chi connectivity index (χ2n) is 5.68. The molecule has 6 nitrogen and oxygen atoms in total. The van der Waals surface area contributed by atoms with Crippen molar-refractivity contribution in [2.75, 3.05) is 20.2 Å². The lowest BCUT2D eigenvalue weighted by molar-refractivity contribution is -0.134. The van der Waals surface area contributed by atoms with Crippen LogP contribution in [0.2, 0.25) is 0 Å². The van der Waals surface area contributed by atoms with E-state index in [4.69, 9.17) is 4.74 Å². The number of methoxy groups -OCH3 is 1. The average Bonchev–Trinajstić information content (AvgIpc) is 2.62. The third-order valence-electron chi connectivity index (χ3n) is 3.77. The predicted molar refractivity (Wildman–Crippen MR) is 95.0 cm³/mol. The van der Waals surface area contributed by atoms with Crippen molar-refractivity contribution in [2.45, 2.75) is 19.9 Å². The fourth-order valence-electron chi connectivity index (χ4n) is 2.36. The molecule has 0 saturated carbocycles. The van der Waals surface area contributed by atoms with E-state index in [2.05, 4.69) is 10.3 Å². The Hall–Kier alpha value is -2.89. The van der Waals surface area contributed by atoms with E-state index in [1.807, 2.05) is 36.4 Å². The SMILES string of the molecule is COc1ccc(CCNC(=O)CN(Cc2cccnc2)C(C)=O)cc1. The van der Waals surface area contributed by atoms with Gasteiger partial charge < -0.3 is 15.0 Å². The first-order valence-corrected chi connectivity index (χ1v) is 8.12. The van der Waals surface area contributed by atoms with Gasteiger partial charge in [0.05, 0.1) is 13.7 Å². The molecule has 0 aliphatic heterocycles. The fraction of sp³-hybridized carbons (Fsp3) is 0.316. The van der Waals surface area contributed by atoms with Gasteiger partial charge in [0.25, 0.3) is 0 Å². The highest BCUT2D eigenvalue weighted by molar-refractivity contribution is 5.83. The molecule has 0 unspecified atom stereocenters. The summed E-state index contributed by atoms with van der Waals surface area (Å²) in [7, 11) is 1.63. The minimum Gasteiger partial charge on any atom is -0.497 e. The molecule has 0 atom stereocenters. The van der Waals surface area contributed by atoms with Gasteiger partial charge in [-0.1, -0.05) is 18.2 Å². The van der Waals surface area contributed by atoms with Gasteiger partial charge in [0.2, 0.25) is 11.8 Å². The number of benzene rings is 1. The van der Waals surface area contributed by atoms with Crippen LogP contribution in [0.5, 0.6) is 5.75 Å². The Bertz CT molecular complexity index is 687. The quantitative estimate of drug-likeness (QED) is 0.795. The van der Waals surface area contributed by atoms with Crippen molar-refractivity contribution in [2.24, 2.45) is 0 Å². The molecule has 0 saturated heterocycles. The number of hydrogen-bond donors (Lipinski definition) is 1. The largest absolute Gasteiger partial charge is 0.497 e. The molecule has 6 heteroatoms. The summed E-state index contributed by atoms with van der Waals surface area (Å²) in [6.07, 6.45) is 4.09. The van der Waals surface area contributed by atoms with Gasteiger partial charge in [-0.25, -0.2) is 0 Å². The Kier molecular flexibility index (Phi) is 6.95. The lowest BCUT2D eigenvalue weighted by Gasteiger charge is -2.20. The van der Waals surface area contributed by atoms with Crippen molar-refractivity contribution < 1.29 is 14.3 Å². The number of pyridine rings is 1. The number of amides is 2. The van der Waals surface area contributed by atoms with Crippen molar-refractivity contribution in [3.63, 3.8) is 0 Å². The highest BCUT2D eigenvalue weighted by Gasteiger charge is 2.14. The summed E-state index contributed by atoms with van der Waals surface area (Å²) in [4.78, 5) is 29.4. The third-order valence-corrected chi connectivity index (χ3v) is 3.77. The number of rotatable bonds is 8. The van der Waals surface area contributed by atoms with Crippen molar-refractivity contribution in [3.05, 3.63) is 59.9 Å². The highest BCUT2D eigenvalue weighted by atomic mass is 16.5. The van der Waals surface area contributed by atoms with Crippen LogP contribution in [0.1, 0.15) is 18.1 Å². The normalized spacial score (nSPS) is 10.2. The summed E-state index contributed by atoms with van der Waals surface area (Å²) in [5.41, 5.74) is 2.00. The first-order chi connectivity index (χ1) is 12.1. The number of carbonyl (C=O) groups is 2. The molecule has 0 spiro atoms. The molecule has 2 aromatic rings. The maximum Gasteiger partial charge on any atom is 0.239 e. The van der Waals surface area contributed by atoms with Gasteiger partial charge in [0.1, 0.15) is 5.75 Å². The van der Waals surface area contributed by atoms with Crippen LogP contribution >= 0.6 is 0 Å². The van der Waals surface area contributed by atoms with E-state index in [0.29, 0.717) is 13.1 Å². The molecule has 0 aliphatic carbocycles. The molecule has 132 valence electrons. The summed E-state index contributed by atoms with van der Waals surface area (Å²) in [6.45, 7) is 2.38. The number of ether oxygens (including phenoxy) is 1. The Balaban J connectivity index is 1.79. The molecule has 1 heterocycles. The Labute approximate surface area is 147 Å². The average molecular weight is 341 g/mol. The van der Waals surface area contributed by atoms with Gasteiger partial charge in [-0.3, -0.25) is 14.6 Å². The number of nitrogens with zero attached hydrogens (tertiary/aromatic N) is 2.